The summed E-state index contributed by atoms with van der Waals surface area (Å²) in [5.74, 6) is -1.04. The Bertz CT molecular complexity index is 1020. The lowest BCUT2D eigenvalue weighted by Crippen LogP contribution is -2.05. The van der Waals surface area contributed by atoms with Gasteiger partial charge in [-0.05, 0) is 43.3 Å². The first-order valence-corrected chi connectivity index (χ1v) is 8.09. The molecule has 0 bridgehead atoms. The third-order valence-corrected chi connectivity index (χ3v) is 3.85. The van der Waals surface area contributed by atoms with Gasteiger partial charge >= 0.3 is 5.97 Å². The van der Waals surface area contributed by atoms with E-state index in [1.807, 2.05) is 28.8 Å². The first-order valence-electron chi connectivity index (χ1n) is 8.09. The van der Waals surface area contributed by atoms with Crippen LogP contribution in [0.5, 0.6) is 0 Å². The molecule has 3 rings (SSSR count). The van der Waals surface area contributed by atoms with Crippen LogP contribution in [0, 0.1) is 17.1 Å². The van der Waals surface area contributed by atoms with Gasteiger partial charge in [-0.3, -0.25) is 4.98 Å². The summed E-state index contributed by atoms with van der Waals surface area (Å²) in [5.41, 5.74) is 2.01. The third-order valence-electron chi connectivity index (χ3n) is 3.85. The van der Waals surface area contributed by atoms with Gasteiger partial charge in [-0.25, -0.2) is 9.18 Å². The Hall–Kier alpha value is -3.46. The summed E-state index contributed by atoms with van der Waals surface area (Å²) in [6.07, 6.45) is 4.93. The van der Waals surface area contributed by atoms with Crippen molar-refractivity contribution in [1.29, 1.82) is 5.26 Å². The normalized spacial score (nSPS) is 11.3. The van der Waals surface area contributed by atoms with Crippen molar-refractivity contribution in [3.05, 3.63) is 71.4 Å². The molecule has 0 N–H and O–H groups in total. The number of nitriles is 1. The number of fused-ring (bicyclic) bond motifs is 1. The summed E-state index contributed by atoms with van der Waals surface area (Å²) < 4.78 is 20.5. The molecule has 26 heavy (non-hydrogen) atoms. The van der Waals surface area contributed by atoms with Crippen LogP contribution in [0.1, 0.15) is 18.2 Å². The van der Waals surface area contributed by atoms with Crippen molar-refractivity contribution in [2.75, 3.05) is 6.61 Å². The van der Waals surface area contributed by atoms with Gasteiger partial charge in [0.05, 0.1) is 24.4 Å². The molecule has 0 aliphatic heterocycles. The summed E-state index contributed by atoms with van der Waals surface area (Å²) in [4.78, 5) is 16.2. The Labute approximate surface area is 150 Å². The van der Waals surface area contributed by atoms with E-state index in [-0.39, 0.29) is 18.0 Å². The standard InChI is InChI=1S/C20H16FN3O2/c1-2-26-20(25)14(11-22)9-15-12-24(13-17-5-3-4-8-23-17)19-10-16(21)6-7-18(15)19/h3-10,12H,2,13H2,1H3/b14-9+. The monoisotopic (exact) mass is 349 g/mol. The highest BCUT2D eigenvalue weighted by molar-refractivity contribution is 6.01. The number of carbonyl (C=O) groups excluding carboxylic acids is 1. The molecule has 130 valence electrons. The molecule has 2 aromatic heterocycles. The number of aromatic nitrogens is 2. The maximum Gasteiger partial charge on any atom is 0.348 e. The molecule has 0 aliphatic rings. The molecule has 0 radical (unpaired) electrons. The van der Waals surface area contributed by atoms with Gasteiger partial charge in [-0.1, -0.05) is 6.07 Å². The topological polar surface area (TPSA) is 67.9 Å². The van der Waals surface area contributed by atoms with Gasteiger partial charge in [0.2, 0.25) is 0 Å². The zero-order chi connectivity index (χ0) is 18.5. The van der Waals surface area contributed by atoms with Crippen molar-refractivity contribution in [2.45, 2.75) is 13.5 Å². The highest BCUT2D eigenvalue weighted by atomic mass is 19.1. The molecule has 0 aliphatic carbocycles. The SMILES string of the molecule is CCOC(=O)/C(C#N)=C/c1cn(Cc2ccccn2)c2cc(F)ccc12. The van der Waals surface area contributed by atoms with Crippen LogP contribution in [0.3, 0.4) is 0 Å². The van der Waals surface area contributed by atoms with E-state index in [0.717, 1.165) is 11.1 Å². The summed E-state index contributed by atoms with van der Waals surface area (Å²) in [7, 11) is 0. The van der Waals surface area contributed by atoms with Gasteiger partial charge in [-0.2, -0.15) is 5.26 Å². The largest absolute Gasteiger partial charge is 0.462 e. The molecule has 2 heterocycles. The predicted molar refractivity (Wildman–Crippen MR) is 95.5 cm³/mol. The number of pyridine rings is 1. The minimum Gasteiger partial charge on any atom is -0.462 e. The lowest BCUT2D eigenvalue weighted by atomic mass is 10.1. The smallest absolute Gasteiger partial charge is 0.348 e. The molecule has 0 atom stereocenters. The van der Waals surface area contributed by atoms with Gasteiger partial charge in [0.25, 0.3) is 0 Å². The summed E-state index contributed by atoms with van der Waals surface area (Å²) >= 11 is 0. The van der Waals surface area contributed by atoms with E-state index in [0.29, 0.717) is 17.6 Å². The first kappa shape index (κ1) is 17.4. The van der Waals surface area contributed by atoms with Crippen LogP contribution in [-0.2, 0) is 16.1 Å². The van der Waals surface area contributed by atoms with Crippen molar-refractivity contribution in [2.24, 2.45) is 0 Å². The van der Waals surface area contributed by atoms with E-state index >= 15 is 0 Å². The van der Waals surface area contributed by atoms with Gasteiger partial charge < -0.3 is 9.30 Å². The second-order valence-electron chi connectivity index (χ2n) is 5.59. The minimum absolute atomic E-state index is 0.104. The number of halogens is 1. The van der Waals surface area contributed by atoms with Crippen LogP contribution in [-0.4, -0.2) is 22.1 Å². The number of rotatable bonds is 5. The molecule has 0 fully saturated rings. The maximum atomic E-state index is 13.8. The molecule has 0 spiro atoms. The molecular weight excluding hydrogens is 333 g/mol. The maximum absolute atomic E-state index is 13.8. The van der Waals surface area contributed by atoms with Crippen LogP contribution in [0.15, 0.2) is 54.4 Å². The fraction of sp³-hybridized carbons (Fsp3) is 0.150. The Morgan fingerprint density at radius 1 is 1.38 bits per heavy atom. The number of nitrogens with zero attached hydrogens (tertiary/aromatic N) is 3. The molecule has 1 aromatic carbocycles. The molecule has 0 saturated heterocycles. The van der Waals surface area contributed by atoms with E-state index in [1.165, 1.54) is 18.2 Å². The van der Waals surface area contributed by atoms with E-state index in [9.17, 15) is 14.4 Å². The van der Waals surface area contributed by atoms with Crippen LogP contribution in [0.2, 0.25) is 0 Å². The van der Waals surface area contributed by atoms with E-state index in [2.05, 4.69) is 4.98 Å². The van der Waals surface area contributed by atoms with E-state index < -0.39 is 5.97 Å². The number of esters is 1. The molecule has 6 heteroatoms. The Morgan fingerprint density at radius 2 is 2.23 bits per heavy atom. The summed E-state index contributed by atoms with van der Waals surface area (Å²) in [5, 5.41) is 9.98. The molecule has 3 aromatic rings. The van der Waals surface area contributed by atoms with Gasteiger partial charge in [-0.15, -0.1) is 0 Å². The minimum atomic E-state index is -0.678. The Morgan fingerprint density at radius 3 is 2.92 bits per heavy atom. The van der Waals surface area contributed by atoms with Crippen molar-refractivity contribution < 1.29 is 13.9 Å². The number of ether oxygens (including phenoxy) is 1. The number of benzene rings is 1. The van der Waals surface area contributed by atoms with E-state index in [1.54, 1.807) is 25.4 Å². The zero-order valence-electron chi connectivity index (χ0n) is 14.1. The van der Waals surface area contributed by atoms with Crippen molar-refractivity contribution in [3.8, 4) is 6.07 Å². The van der Waals surface area contributed by atoms with Crippen molar-refractivity contribution in [3.63, 3.8) is 0 Å². The summed E-state index contributed by atoms with van der Waals surface area (Å²) in [6, 6.07) is 11.8. The molecule has 0 amide bonds. The lowest BCUT2D eigenvalue weighted by molar-refractivity contribution is -0.137. The third kappa shape index (κ3) is 3.62. The fourth-order valence-electron chi connectivity index (χ4n) is 2.71. The average molecular weight is 349 g/mol. The first-order chi connectivity index (χ1) is 12.6. The van der Waals surface area contributed by atoms with Gasteiger partial charge in [0.1, 0.15) is 17.5 Å². The molecular formula is C20H16FN3O2. The molecule has 0 unspecified atom stereocenters. The zero-order valence-corrected chi connectivity index (χ0v) is 14.1. The van der Waals surface area contributed by atoms with E-state index in [4.69, 9.17) is 4.74 Å². The van der Waals surface area contributed by atoms with Crippen LogP contribution >= 0.6 is 0 Å². The number of carbonyl (C=O) groups is 1. The molecule has 0 saturated carbocycles. The van der Waals surface area contributed by atoms with Gasteiger partial charge in [0.15, 0.2) is 0 Å². The predicted octanol–water partition coefficient (Wildman–Crippen LogP) is 3.69. The van der Waals surface area contributed by atoms with Gasteiger partial charge in [0, 0.05) is 23.3 Å². The number of hydrogen-bond donors (Lipinski definition) is 0. The highest BCUT2D eigenvalue weighted by Crippen LogP contribution is 2.25. The average Bonchev–Trinajstić information content (AvgIpc) is 2.97. The lowest BCUT2D eigenvalue weighted by Gasteiger charge is -2.04. The second kappa shape index (κ2) is 7.62. The quantitative estimate of drug-likeness (QED) is 0.400. The Kier molecular flexibility index (Phi) is 5.09. The Balaban J connectivity index is 2.09. The van der Waals surface area contributed by atoms with Crippen molar-refractivity contribution in [1.82, 2.24) is 9.55 Å². The second-order valence-corrected chi connectivity index (χ2v) is 5.59. The van der Waals surface area contributed by atoms with Crippen molar-refractivity contribution >= 4 is 22.9 Å². The fourth-order valence-corrected chi connectivity index (χ4v) is 2.71. The highest BCUT2D eigenvalue weighted by Gasteiger charge is 2.14. The van der Waals surface area contributed by atoms with Crippen LogP contribution < -0.4 is 0 Å². The summed E-state index contributed by atoms with van der Waals surface area (Å²) in [6.45, 7) is 2.30. The number of hydrogen-bond acceptors (Lipinski definition) is 4. The van der Waals surface area contributed by atoms with Crippen LogP contribution in [0.4, 0.5) is 4.39 Å². The molecule has 5 nitrogen and oxygen atoms in total. The van der Waals surface area contributed by atoms with Crippen LogP contribution in [0.25, 0.3) is 17.0 Å².